The van der Waals surface area contributed by atoms with Gasteiger partial charge in [-0.05, 0) is 61.9 Å². The van der Waals surface area contributed by atoms with Crippen molar-refractivity contribution in [2.24, 2.45) is 5.92 Å². The molecule has 0 radical (unpaired) electrons. The molecule has 1 amide bonds. The summed E-state index contributed by atoms with van der Waals surface area (Å²) in [5.74, 6) is 1.63. The van der Waals surface area contributed by atoms with Crippen molar-refractivity contribution in [1.29, 1.82) is 0 Å². The molecule has 0 aliphatic carbocycles. The molecule has 2 heterocycles. The summed E-state index contributed by atoms with van der Waals surface area (Å²) in [7, 11) is 1.70. The number of amides is 1. The lowest BCUT2D eigenvalue weighted by molar-refractivity contribution is 0.0690. The number of hydrogen-bond acceptors (Lipinski definition) is 3. The van der Waals surface area contributed by atoms with Gasteiger partial charge in [-0.3, -0.25) is 9.78 Å². The lowest BCUT2D eigenvalue weighted by atomic mass is 9.90. The fourth-order valence-corrected chi connectivity index (χ4v) is 3.25. The number of likely N-dealkylation sites (tertiary alicyclic amines) is 1. The van der Waals surface area contributed by atoms with E-state index < -0.39 is 0 Å². The number of hydrogen-bond donors (Lipinski definition) is 0. The van der Waals surface area contributed by atoms with Crippen LogP contribution in [0.1, 0.15) is 34.5 Å². The molecule has 1 saturated heterocycles. The Balaban J connectivity index is 1.55. The molecule has 0 N–H and O–H groups in total. The van der Waals surface area contributed by atoms with Gasteiger partial charge >= 0.3 is 0 Å². The number of pyridine rings is 1. The van der Waals surface area contributed by atoms with Gasteiger partial charge < -0.3 is 9.64 Å². The van der Waals surface area contributed by atoms with Crippen molar-refractivity contribution in [3.63, 3.8) is 0 Å². The quantitative estimate of drug-likeness (QED) is 0.864. The minimum Gasteiger partial charge on any atom is -0.497 e. The zero-order valence-electron chi connectivity index (χ0n) is 14.4. The van der Waals surface area contributed by atoms with Gasteiger partial charge in [0.25, 0.3) is 5.91 Å². The average Bonchev–Trinajstić information content (AvgIpc) is 2.62. The van der Waals surface area contributed by atoms with Crippen molar-refractivity contribution < 1.29 is 9.53 Å². The molecule has 1 aliphatic heterocycles. The Hall–Kier alpha value is -2.36. The Kier molecular flexibility index (Phi) is 5.14. The molecule has 24 heavy (non-hydrogen) atoms. The van der Waals surface area contributed by atoms with Crippen molar-refractivity contribution in [3.05, 3.63) is 59.4 Å². The summed E-state index contributed by atoms with van der Waals surface area (Å²) >= 11 is 0. The third kappa shape index (κ3) is 3.94. The van der Waals surface area contributed by atoms with Crippen LogP contribution in [0.4, 0.5) is 0 Å². The number of aryl methyl sites for hydroxylation is 1. The third-order valence-electron chi connectivity index (χ3n) is 4.72. The fourth-order valence-electron chi connectivity index (χ4n) is 3.25. The van der Waals surface area contributed by atoms with Crippen LogP contribution in [0.15, 0.2) is 42.6 Å². The first-order valence-corrected chi connectivity index (χ1v) is 8.50. The number of aromatic nitrogens is 1. The maximum absolute atomic E-state index is 12.5. The van der Waals surface area contributed by atoms with E-state index in [1.54, 1.807) is 13.3 Å². The van der Waals surface area contributed by atoms with E-state index in [-0.39, 0.29) is 5.91 Å². The van der Waals surface area contributed by atoms with E-state index in [1.165, 1.54) is 5.56 Å². The van der Waals surface area contributed by atoms with E-state index >= 15 is 0 Å². The largest absolute Gasteiger partial charge is 0.497 e. The Bertz CT molecular complexity index is 689. The molecule has 126 valence electrons. The summed E-state index contributed by atoms with van der Waals surface area (Å²) in [5, 5.41) is 0. The molecular weight excluding hydrogens is 300 g/mol. The molecule has 2 aromatic rings. The molecule has 1 fully saturated rings. The van der Waals surface area contributed by atoms with E-state index in [2.05, 4.69) is 17.1 Å². The number of ether oxygens (including phenoxy) is 1. The van der Waals surface area contributed by atoms with Gasteiger partial charge in [-0.15, -0.1) is 0 Å². The Labute approximate surface area is 143 Å². The van der Waals surface area contributed by atoms with Crippen molar-refractivity contribution in [2.75, 3.05) is 20.2 Å². The van der Waals surface area contributed by atoms with Crippen LogP contribution < -0.4 is 4.74 Å². The highest BCUT2D eigenvalue weighted by molar-refractivity contribution is 5.93. The number of rotatable bonds is 4. The highest BCUT2D eigenvalue weighted by Crippen LogP contribution is 2.24. The summed E-state index contributed by atoms with van der Waals surface area (Å²) in [6.45, 7) is 3.57. The van der Waals surface area contributed by atoms with Crippen molar-refractivity contribution in [1.82, 2.24) is 9.88 Å². The molecule has 1 aromatic heterocycles. The van der Waals surface area contributed by atoms with Crippen LogP contribution in [0.3, 0.4) is 0 Å². The van der Waals surface area contributed by atoms with Crippen molar-refractivity contribution in [3.8, 4) is 5.75 Å². The standard InChI is InChI=1S/C20H24N2O2/c1-15-6-7-18(14-21-15)20(23)22-10-8-16(9-11-22)12-17-4-3-5-19(13-17)24-2/h3-7,13-14,16H,8-12H2,1-2H3. The second-order valence-electron chi connectivity index (χ2n) is 6.48. The third-order valence-corrected chi connectivity index (χ3v) is 4.72. The first-order chi connectivity index (χ1) is 11.7. The second-order valence-corrected chi connectivity index (χ2v) is 6.48. The molecule has 1 aliphatic rings. The molecule has 3 rings (SSSR count). The van der Waals surface area contributed by atoms with E-state index in [4.69, 9.17) is 4.74 Å². The zero-order chi connectivity index (χ0) is 16.9. The lowest BCUT2D eigenvalue weighted by Gasteiger charge is -2.32. The average molecular weight is 324 g/mol. The Morgan fingerprint density at radius 1 is 1.25 bits per heavy atom. The Morgan fingerprint density at radius 3 is 2.71 bits per heavy atom. The predicted molar refractivity (Wildman–Crippen MR) is 94.3 cm³/mol. The minimum absolute atomic E-state index is 0.0994. The van der Waals surface area contributed by atoms with Gasteiger partial charge in [-0.25, -0.2) is 0 Å². The topological polar surface area (TPSA) is 42.4 Å². The number of nitrogens with zero attached hydrogens (tertiary/aromatic N) is 2. The van der Waals surface area contributed by atoms with E-state index in [0.29, 0.717) is 11.5 Å². The second kappa shape index (κ2) is 7.47. The summed E-state index contributed by atoms with van der Waals surface area (Å²) in [6.07, 6.45) is 4.82. The van der Waals surface area contributed by atoms with Crippen LogP contribution in [0.25, 0.3) is 0 Å². The van der Waals surface area contributed by atoms with Gasteiger partial charge in [-0.1, -0.05) is 12.1 Å². The Morgan fingerprint density at radius 2 is 2.04 bits per heavy atom. The number of methoxy groups -OCH3 is 1. The van der Waals surface area contributed by atoms with Crippen LogP contribution in [0, 0.1) is 12.8 Å². The lowest BCUT2D eigenvalue weighted by Crippen LogP contribution is -2.39. The normalized spacial score (nSPS) is 15.3. The maximum atomic E-state index is 12.5. The maximum Gasteiger partial charge on any atom is 0.255 e. The molecule has 0 atom stereocenters. The van der Waals surface area contributed by atoms with Crippen LogP contribution in [-0.4, -0.2) is 36.0 Å². The minimum atomic E-state index is 0.0994. The predicted octanol–water partition coefficient (Wildman–Crippen LogP) is 3.49. The monoisotopic (exact) mass is 324 g/mol. The molecule has 0 unspecified atom stereocenters. The highest BCUT2D eigenvalue weighted by atomic mass is 16.5. The summed E-state index contributed by atoms with van der Waals surface area (Å²) in [4.78, 5) is 18.7. The van der Waals surface area contributed by atoms with Gasteiger partial charge in [0.2, 0.25) is 0 Å². The number of benzene rings is 1. The highest BCUT2D eigenvalue weighted by Gasteiger charge is 2.24. The number of carbonyl (C=O) groups is 1. The number of carbonyl (C=O) groups excluding carboxylic acids is 1. The van der Waals surface area contributed by atoms with Gasteiger partial charge in [-0.2, -0.15) is 0 Å². The van der Waals surface area contributed by atoms with E-state index in [0.717, 1.165) is 43.8 Å². The molecule has 0 saturated carbocycles. The number of piperidine rings is 1. The van der Waals surface area contributed by atoms with Crippen LogP contribution in [0.5, 0.6) is 5.75 Å². The van der Waals surface area contributed by atoms with Crippen molar-refractivity contribution in [2.45, 2.75) is 26.2 Å². The summed E-state index contributed by atoms with van der Waals surface area (Å²) in [5.41, 5.74) is 2.93. The molecule has 0 bridgehead atoms. The molecule has 4 heteroatoms. The SMILES string of the molecule is COc1cccc(CC2CCN(C(=O)c3ccc(C)nc3)CC2)c1. The van der Waals surface area contributed by atoms with Gasteiger partial charge in [0.1, 0.15) is 5.75 Å². The molecular formula is C20H24N2O2. The van der Waals surface area contributed by atoms with Crippen LogP contribution in [-0.2, 0) is 6.42 Å². The molecule has 0 spiro atoms. The van der Waals surface area contributed by atoms with E-state index in [9.17, 15) is 4.79 Å². The summed E-state index contributed by atoms with van der Waals surface area (Å²) in [6, 6.07) is 12.0. The van der Waals surface area contributed by atoms with Gasteiger partial charge in [0.15, 0.2) is 0 Å². The molecule has 1 aromatic carbocycles. The van der Waals surface area contributed by atoms with Gasteiger partial charge in [0, 0.05) is 25.0 Å². The van der Waals surface area contributed by atoms with Crippen LogP contribution in [0.2, 0.25) is 0 Å². The van der Waals surface area contributed by atoms with Gasteiger partial charge in [0.05, 0.1) is 12.7 Å². The first kappa shape index (κ1) is 16.5. The zero-order valence-corrected chi connectivity index (χ0v) is 14.4. The van der Waals surface area contributed by atoms with E-state index in [1.807, 2.05) is 36.1 Å². The fraction of sp³-hybridized carbons (Fsp3) is 0.400. The summed E-state index contributed by atoms with van der Waals surface area (Å²) < 4.78 is 5.29. The smallest absolute Gasteiger partial charge is 0.255 e. The first-order valence-electron chi connectivity index (χ1n) is 8.50. The van der Waals surface area contributed by atoms with Crippen LogP contribution >= 0.6 is 0 Å². The van der Waals surface area contributed by atoms with Crippen molar-refractivity contribution >= 4 is 5.91 Å². The molecule has 4 nitrogen and oxygen atoms in total.